The first-order valence-electron chi connectivity index (χ1n) is 10.6. The second-order valence-corrected chi connectivity index (χ2v) is 9.27. The third-order valence-electron chi connectivity index (χ3n) is 6.16. The number of hydrogen-bond donors (Lipinski definition) is 2. The van der Waals surface area contributed by atoms with E-state index < -0.39 is 22.9 Å². The van der Waals surface area contributed by atoms with Crippen LogP contribution in [-0.4, -0.2) is 44.7 Å². The molecule has 1 saturated heterocycles. The summed E-state index contributed by atoms with van der Waals surface area (Å²) in [4.78, 5) is 39.4. The first kappa shape index (κ1) is 21.6. The molecule has 0 aliphatic carbocycles. The second kappa shape index (κ2) is 9.22. The van der Waals surface area contributed by atoms with E-state index in [0.29, 0.717) is 19.3 Å². The first-order valence-corrected chi connectivity index (χ1v) is 11.5. The lowest BCUT2D eigenvalue weighted by Crippen LogP contribution is -2.56. The van der Waals surface area contributed by atoms with Crippen molar-refractivity contribution in [1.29, 1.82) is 0 Å². The summed E-state index contributed by atoms with van der Waals surface area (Å²) in [6, 6.07) is 15.5. The van der Waals surface area contributed by atoms with Crippen molar-refractivity contribution >= 4 is 33.7 Å². The molecule has 0 saturated carbocycles. The quantitative estimate of drug-likeness (QED) is 0.637. The van der Waals surface area contributed by atoms with E-state index in [9.17, 15) is 19.5 Å². The van der Waals surface area contributed by atoms with Crippen LogP contribution in [0.15, 0.2) is 54.6 Å². The van der Waals surface area contributed by atoms with Crippen LogP contribution in [0.4, 0.5) is 0 Å². The van der Waals surface area contributed by atoms with Crippen molar-refractivity contribution in [1.82, 2.24) is 10.2 Å². The normalized spacial score (nSPS) is 23.8. The Hall–Kier alpha value is -2.67. The molecule has 2 aliphatic rings. The number of benzene rings is 2. The molecular formula is C24H25BrN2O4. The van der Waals surface area contributed by atoms with Crippen LogP contribution in [-0.2, 0) is 27.2 Å². The van der Waals surface area contributed by atoms with Gasteiger partial charge in [0.25, 0.3) is 0 Å². The number of halogens is 1. The van der Waals surface area contributed by atoms with Gasteiger partial charge in [-0.3, -0.25) is 9.59 Å². The van der Waals surface area contributed by atoms with Crippen LogP contribution in [0.5, 0.6) is 0 Å². The Morgan fingerprint density at radius 3 is 2.55 bits per heavy atom. The molecule has 2 heterocycles. The van der Waals surface area contributed by atoms with Gasteiger partial charge in [-0.05, 0) is 42.4 Å². The van der Waals surface area contributed by atoms with E-state index in [2.05, 4.69) is 21.2 Å². The van der Waals surface area contributed by atoms with Gasteiger partial charge in [0.2, 0.25) is 11.8 Å². The lowest BCUT2D eigenvalue weighted by Gasteiger charge is -2.40. The zero-order valence-electron chi connectivity index (χ0n) is 17.0. The van der Waals surface area contributed by atoms with Crippen molar-refractivity contribution in [2.24, 2.45) is 0 Å². The van der Waals surface area contributed by atoms with Crippen LogP contribution < -0.4 is 5.32 Å². The van der Waals surface area contributed by atoms with E-state index in [1.165, 1.54) is 4.90 Å². The van der Waals surface area contributed by atoms with Gasteiger partial charge in [-0.1, -0.05) is 70.5 Å². The maximum absolute atomic E-state index is 13.5. The number of alkyl halides is 1. The minimum absolute atomic E-state index is 0.274. The van der Waals surface area contributed by atoms with Gasteiger partial charge in [0, 0.05) is 6.42 Å². The van der Waals surface area contributed by atoms with Crippen LogP contribution in [0.25, 0.3) is 0 Å². The molecule has 6 nitrogen and oxygen atoms in total. The summed E-state index contributed by atoms with van der Waals surface area (Å²) in [5.41, 5.74) is 2.98. The molecule has 2 aromatic carbocycles. The molecule has 0 spiro atoms. The molecule has 4 rings (SSSR count). The Morgan fingerprint density at radius 1 is 1.10 bits per heavy atom. The predicted molar refractivity (Wildman–Crippen MR) is 120 cm³/mol. The molecule has 2 aromatic rings. The van der Waals surface area contributed by atoms with Gasteiger partial charge in [-0.15, -0.1) is 0 Å². The lowest BCUT2D eigenvalue weighted by atomic mass is 9.89. The Kier molecular flexibility index (Phi) is 6.41. The van der Waals surface area contributed by atoms with Crippen LogP contribution in [0.3, 0.4) is 0 Å². The average Bonchev–Trinajstić information content (AvgIpc) is 2.89. The van der Waals surface area contributed by atoms with Gasteiger partial charge < -0.3 is 15.3 Å². The highest BCUT2D eigenvalue weighted by Gasteiger charge is 2.44. The molecule has 3 unspecified atom stereocenters. The number of nitrogens with one attached hydrogen (secondary N) is 1. The molecule has 1 fully saturated rings. The Balaban J connectivity index is 1.59. The zero-order chi connectivity index (χ0) is 22.0. The van der Waals surface area contributed by atoms with Gasteiger partial charge >= 0.3 is 5.97 Å². The zero-order valence-corrected chi connectivity index (χ0v) is 18.6. The number of carboxylic acids is 1. The molecule has 2 N–H and O–H groups in total. The van der Waals surface area contributed by atoms with Crippen molar-refractivity contribution in [3.05, 3.63) is 71.3 Å². The summed E-state index contributed by atoms with van der Waals surface area (Å²) >= 11 is 3.45. The molecule has 162 valence electrons. The highest BCUT2D eigenvalue weighted by molar-refractivity contribution is 9.10. The third-order valence-corrected chi connectivity index (χ3v) is 6.90. The summed E-state index contributed by atoms with van der Waals surface area (Å²) in [6.07, 6.45) is 2.74. The monoisotopic (exact) mass is 484 g/mol. The fraction of sp³-hybridized carbons (Fsp3) is 0.375. The van der Waals surface area contributed by atoms with Crippen molar-refractivity contribution in [3.63, 3.8) is 0 Å². The number of nitrogens with zero attached hydrogens (tertiary/aromatic N) is 1. The van der Waals surface area contributed by atoms with Crippen LogP contribution in [0, 0.1) is 0 Å². The molecule has 7 heteroatoms. The van der Waals surface area contributed by atoms with Crippen molar-refractivity contribution in [2.75, 3.05) is 0 Å². The summed E-state index contributed by atoms with van der Waals surface area (Å²) in [5.74, 6) is -1.59. The van der Waals surface area contributed by atoms with Crippen LogP contribution in [0.1, 0.15) is 42.0 Å². The van der Waals surface area contributed by atoms with E-state index in [1.54, 1.807) is 0 Å². The number of hydrogen-bond acceptors (Lipinski definition) is 3. The largest absolute Gasteiger partial charge is 0.480 e. The summed E-state index contributed by atoms with van der Waals surface area (Å²) in [6.45, 7) is 0. The molecular weight excluding hydrogens is 460 g/mol. The van der Waals surface area contributed by atoms with Gasteiger partial charge in [-0.25, -0.2) is 4.79 Å². The number of carbonyl (C=O) groups excluding carboxylic acids is 2. The van der Waals surface area contributed by atoms with Crippen molar-refractivity contribution in [2.45, 2.75) is 55.1 Å². The molecule has 4 atom stereocenters. The van der Waals surface area contributed by atoms with E-state index in [0.717, 1.165) is 29.5 Å². The van der Waals surface area contributed by atoms with Crippen LogP contribution >= 0.6 is 15.9 Å². The number of carbonyl (C=O) groups is 3. The highest BCUT2D eigenvalue weighted by atomic mass is 79.9. The Bertz CT molecular complexity index is 981. The van der Waals surface area contributed by atoms with Crippen molar-refractivity contribution in [3.8, 4) is 0 Å². The molecule has 0 radical (unpaired) electrons. The van der Waals surface area contributed by atoms with Gasteiger partial charge in [0.15, 0.2) is 0 Å². The van der Waals surface area contributed by atoms with E-state index in [-0.39, 0.29) is 17.9 Å². The van der Waals surface area contributed by atoms with Gasteiger partial charge in [0.1, 0.15) is 12.1 Å². The summed E-state index contributed by atoms with van der Waals surface area (Å²) < 4.78 is 0. The molecule has 0 bridgehead atoms. The number of carboxylic acid groups (broad SMARTS) is 1. The smallest absolute Gasteiger partial charge is 0.326 e. The maximum atomic E-state index is 13.5. The number of fused-ring (bicyclic) bond motifs is 3. The summed E-state index contributed by atoms with van der Waals surface area (Å²) in [5, 5.41) is 12.7. The molecule has 2 amide bonds. The molecule has 31 heavy (non-hydrogen) atoms. The van der Waals surface area contributed by atoms with Gasteiger partial charge in [0.05, 0.1) is 10.9 Å². The topological polar surface area (TPSA) is 86.7 Å². The highest BCUT2D eigenvalue weighted by Crippen LogP contribution is 2.39. The Labute approximate surface area is 189 Å². The summed E-state index contributed by atoms with van der Waals surface area (Å²) in [7, 11) is 0. The van der Waals surface area contributed by atoms with E-state index in [1.807, 2.05) is 54.6 Å². The third kappa shape index (κ3) is 4.51. The predicted octanol–water partition coefficient (Wildman–Crippen LogP) is 3.24. The Morgan fingerprint density at radius 2 is 1.81 bits per heavy atom. The maximum Gasteiger partial charge on any atom is 0.326 e. The first-order chi connectivity index (χ1) is 15.0. The number of rotatable bonds is 5. The number of amides is 2. The lowest BCUT2D eigenvalue weighted by molar-refractivity contribution is -0.156. The SMILES string of the molecule is O=C(O)C1CCCC2c3ccccc3CC(NC(=O)[C@H](Br)Cc3ccccc3)C(=O)N12. The fourth-order valence-electron chi connectivity index (χ4n) is 4.68. The molecule has 2 aliphatic heterocycles. The van der Waals surface area contributed by atoms with Gasteiger partial charge in [-0.2, -0.15) is 0 Å². The number of piperidine rings is 1. The number of aliphatic carboxylic acids is 1. The van der Waals surface area contributed by atoms with Crippen molar-refractivity contribution < 1.29 is 19.5 Å². The fourth-order valence-corrected chi connectivity index (χ4v) is 5.18. The standard InChI is InChI=1S/C24H25BrN2O4/c25-18(13-15-7-2-1-3-8-15)22(28)26-19-14-16-9-4-5-10-17(16)20-11-6-12-21(24(30)31)27(20)23(19)29/h1-5,7-10,18-21H,6,11-14H2,(H,26,28)(H,30,31)/t18-,19?,20?,21?/m1/s1. The van der Waals surface area contributed by atoms with E-state index >= 15 is 0 Å². The van der Waals surface area contributed by atoms with Crippen LogP contribution in [0.2, 0.25) is 0 Å². The molecule has 0 aromatic heterocycles. The second-order valence-electron chi connectivity index (χ2n) is 8.17. The van der Waals surface area contributed by atoms with E-state index in [4.69, 9.17) is 0 Å². The minimum Gasteiger partial charge on any atom is -0.480 e. The average molecular weight is 485 g/mol. The minimum atomic E-state index is -0.995.